The quantitative estimate of drug-likeness (QED) is 0.871. The number of piperidine rings is 1. The van der Waals surface area contributed by atoms with Crippen molar-refractivity contribution in [2.24, 2.45) is 5.73 Å². The molecule has 1 aromatic heterocycles. The second-order valence-electron chi connectivity index (χ2n) is 5.22. The van der Waals surface area contributed by atoms with Crippen LogP contribution >= 0.6 is 0 Å². The molecule has 0 spiro atoms. The van der Waals surface area contributed by atoms with Gasteiger partial charge in [-0.3, -0.25) is 14.4 Å². The summed E-state index contributed by atoms with van der Waals surface area (Å²) in [4.78, 5) is 13.9. The lowest BCUT2D eigenvalue weighted by Gasteiger charge is -2.42. The Bertz CT molecular complexity index is 428. The number of carbonyl (C=O) groups is 1. The minimum Gasteiger partial charge on any atom is -0.368 e. The third-order valence-corrected chi connectivity index (χ3v) is 3.95. The molecule has 1 atom stereocenters. The minimum atomic E-state index is -0.507. The number of hydrogen-bond donors (Lipinski definition) is 1. The zero-order chi connectivity index (χ0) is 13.2. The molecule has 2 N–H and O–H groups in total. The first-order chi connectivity index (χ1) is 8.56. The van der Waals surface area contributed by atoms with Crippen molar-refractivity contribution in [3.8, 4) is 0 Å². The predicted octanol–water partition coefficient (Wildman–Crippen LogP) is 1.13. The van der Waals surface area contributed by atoms with Crippen LogP contribution in [-0.2, 0) is 17.9 Å². The Kier molecular flexibility index (Phi) is 3.71. The lowest BCUT2D eigenvalue weighted by atomic mass is 9.87. The van der Waals surface area contributed by atoms with Crippen molar-refractivity contribution in [3.63, 3.8) is 0 Å². The summed E-state index contributed by atoms with van der Waals surface area (Å²) < 4.78 is 1.90. The maximum Gasteiger partial charge on any atom is 0.237 e. The molecule has 0 radical (unpaired) electrons. The highest BCUT2D eigenvalue weighted by molar-refractivity contribution is 5.84. The van der Waals surface area contributed by atoms with Crippen molar-refractivity contribution in [2.75, 3.05) is 6.54 Å². The summed E-state index contributed by atoms with van der Waals surface area (Å²) in [6, 6.07) is 0. The van der Waals surface area contributed by atoms with Crippen LogP contribution in [0, 0.1) is 0 Å². The number of nitrogens with zero attached hydrogens (tertiary/aromatic N) is 3. The van der Waals surface area contributed by atoms with E-state index in [1.165, 1.54) is 0 Å². The van der Waals surface area contributed by atoms with Gasteiger partial charge in [-0.25, -0.2) is 0 Å². The second kappa shape index (κ2) is 5.10. The van der Waals surface area contributed by atoms with Gasteiger partial charge in [-0.2, -0.15) is 5.10 Å². The number of amides is 1. The third kappa shape index (κ3) is 2.41. The number of rotatable bonds is 4. The maximum atomic E-state index is 11.7. The molecule has 18 heavy (non-hydrogen) atoms. The van der Waals surface area contributed by atoms with Crippen LogP contribution in [0.15, 0.2) is 12.4 Å². The fraction of sp³-hybridized carbons (Fsp3) is 0.692. The molecule has 0 saturated carbocycles. The van der Waals surface area contributed by atoms with Gasteiger partial charge in [0.05, 0.1) is 11.7 Å². The molecular weight excluding hydrogens is 228 g/mol. The zero-order valence-corrected chi connectivity index (χ0v) is 11.2. The van der Waals surface area contributed by atoms with E-state index in [1.54, 1.807) is 0 Å². The molecule has 100 valence electrons. The van der Waals surface area contributed by atoms with Crippen LogP contribution in [-0.4, -0.2) is 32.7 Å². The number of carbonyl (C=O) groups excluding carboxylic acids is 1. The molecule has 1 aliphatic rings. The number of hydrogen-bond acceptors (Lipinski definition) is 3. The normalized spacial score (nSPS) is 25.2. The molecule has 0 bridgehead atoms. The second-order valence-corrected chi connectivity index (χ2v) is 5.22. The summed E-state index contributed by atoms with van der Waals surface area (Å²) in [5.41, 5.74) is 6.21. The van der Waals surface area contributed by atoms with Gasteiger partial charge in [0.25, 0.3) is 0 Å². The lowest BCUT2D eigenvalue weighted by Crippen LogP contribution is -2.57. The topological polar surface area (TPSA) is 64.2 Å². The van der Waals surface area contributed by atoms with Gasteiger partial charge in [0.2, 0.25) is 5.91 Å². The van der Waals surface area contributed by atoms with Crippen LogP contribution in [0.2, 0.25) is 0 Å². The Morgan fingerprint density at radius 2 is 2.33 bits per heavy atom. The van der Waals surface area contributed by atoms with E-state index in [0.717, 1.165) is 44.5 Å². The monoisotopic (exact) mass is 250 g/mol. The van der Waals surface area contributed by atoms with Gasteiger partial charge in [-0.05, 0) is 39.7 Å². The largest absolute Gasteiger partial charge is 0.368 e. The number of primary amides is 1. The van der Waals surface area contributed by atoms with E-state index in [2.05, 4.69) is 16.9 Å². The fourth-order valence-corrected chi connectivity index (χ4v) is 2.59. The van der Waals surface area contributed by atoms with Crippen molar-refractivity contribution < 1.29 is 4.79 Å². The molecule has 1 aliphatic heterocycles. The highest BCUT2D eigenvalue weighted by Gasteiger charge is 2.39. The number of aromatic nitrogens is 2. The maximum absolute atomic E-state index is 11.7. The molecule has 0 aliphatic carbocycles. The van der Waals surface area contributed by atoms with Gasteiger partial charge in [0.15, 0.2) is 0 Å². The van der Waals surface area contributed by atoms with Crippen molar-refractivity contribution in [2.45, 2.75) is 51.7 Å². The van der Waals surface area contributed by atoms with E-state index in [0.29, 0.717) is 0 Å². The van der Waals surface area contributed by atoms with Crippen LogP contribution in [0.3, 0.4) is 0 Å². The van der Waals surface area contributed by atoms with Crippen LogP contribution in [0.1, 0.15) is 38.7 Å². The molecule has 2 rings (SSSR count). The molecule has 5 heteroatoms. The molecule has 5 nitrogen and oxygen atoms in total. The molecular formula is C13H22N4O. The van der Waals surface area contributed by atoms with Crippen LogP contribution in [0.5, 0.6) is 0 Å². The highest BCUT2D eigenvalue weighted by Crippen LogP contribution is 2.29. The number of nitrogens with two attached hydrogens (primary N) is 1. The summed E-state index contributed by atoms with van der Waals surface area (Å²) in [6.07, 6.45) is 6.97. The standard InChI is InChI=1S/C13H22N4O/c1-3-17-10-11(8-15-17)9-16-7-5-4-6-13(16,2)12(14)18/h8,10H,3-7,9H2,1-2H3,(H2,14,18). The Hall–Kier alpha value is -1.36. The average molecular weight is 250 g/mol. The predicted molar refractivity (Wildman–Crippen MR) is 69.8 cm³/mol. The van der Waals surface area contributed by atoms with Gasteiger partial charge in [-0.15, -0.1) is 0 Å². The first kappa shape index (κ1) is 13.1. The molecule has 1 aromatic rings. The molecule has 1 unspecified atom stereocenters. The van der Waals surface area contributed by atoms with Crippen molar-refractivity contribution in [1.82, 2.24) is 14.7 Å². The fourth-order valence-electron chi connectivity index (χ4n) is 2.59. The van der Waals surface area contributed by atoms with Crippen LogP contribution < -0.4 is 5.73 Å². The minimum absolute atomic E-state index is 0.218. The van der Waals surface area contributed by atoms with E-state index in [-0.39, 0.29) is 5.91 Å². The molecule has 1 saturated heterocycles. The van der Waals surface area contributed by atoms with Crippen LogP contribution in [0.25, 0.3) is 0 Å². The summed E-state index contributed by atoms with van der Waals surface area (Å²) in [5, 5.41) is 4.27. The van der Waals surface area contributed by atoms with Gasteiger partial charge in [0.1, 0.15) is 0 Å². The summed E-state index contributed by atoms with van der Waals surface area (Å²) in [7, 11) is 0. The third-order valence-electron chi connectivity index (χ3n) is 3.95. The highest BCUT2D eigenvalue weighted by atomic mass is 16.1. The Labute approximate surface area is 108 Å². The van der Waals surface area contributed by atoms with Gasteiger partial charge in [-0.1, -0.05) is 0 Å². The van der Waals surface area contributed by atoms with Crippen molar-refractivity contribution in [1.29, 1.82) is 0 Å². The lowest BCUT2D eigenvalue weighted by molar-refractivity contribution is -0.132. The molecule has 0 aromatic carbocycles. The average Bonchev–Trinajstić information content (AvgIpc) is 2.80. The number of likely N-dealkylation sites (tertiary alicyclic amines) is 1. The Balaban J connectivity index is 2.12. The first-order valence-electron chi connectivity index (χ1n) is 6.62. The summed E-state index contributed by atoms with van der Waals surface area (Å²) >= 11 is 0. The Morgan fingerprint density at radius 1 is 1.56 bits per heavy atom. The van der Waals surface area contributed by atoms with E-state index in [1.807, 2.05) is 24.0 Å². The van der Waals surface area contributed by atoms with Gasteiger partial charge in [0, 0.05) is 24.8 Å². The first-order valence-corrected chi connectivity index (χ1v) is 6.62. The Morgan fingerprint density at radius 3 is 2.94 bits per heavy atom. The summed E-state index contributed by atoms with van der Waals surface area (Å²) in [5.74, 6) is -0.218. The smallest absolute Gasteiger partial charge is 0.237 e. The molecule has 1 fully saturated rings. The van der Waals surface area contributed by atoms with E-state index < -0.39 is 5.54 Å². The molecule has 2 heterocycles. The van der Waals surface area contributed by atoms with Gasteiger partial charge >= 0.3 is 0 Å². The van der Waals surface area contributed by atoms with Crippen molar-refractivity contribution in [3.05, 3.63) is 18.0 Å². The van der Waals surface area contributed by atoms with Crippen LogP contribution in [0.4, 0.5) is 0 Å². The van der Waals surface area contributed by atoms with Crippen molar-refractivity contribution >= 4 is 5.91 Å². The summed E-state index contributed by atoms with van der Waals surface area (Å²) in [6.45, 7) is 6.56. The van der Waals surface area contributed by atoms with E-state index >= 15 is 0 Å². The zero-order valence-electron chi connectivity index (χ0n) is 11.2. The van der Waals surface area contributed by atoms with E-state index in [4.69, 9.17) is 5.73 Å². The number of aryl methyl sites for hydroxylation is 1. The SMILES string of the molecule is CCn1cc(CN2CCCCC2(C)C(N)=O)cn1. The van der Waals surface area contributed by atoms with E-state index in [9.17, 15) is 4.79 Å². The van der Waals surface area contributed by atoms with Gasteiger partial charge < -0.3 is 5.73 Å². The molecule has 1 amide bonds.